The Morgan fingerprint density at radius 3 is 2.92 bits per heavy atom. The summed E-state index contributed by atoms with van der Waals surface area (Å²) in [7, 11) is 0. The smallest absolute Gasteiger partial charge is 0.108 e. The number of benzene rings is 1. The highest BCUT2D eigenvalue weighted by Gasteiger charge is 1.86. The van der Waals surface area contributed by atoms with Crippen LogP contribution in [0.1, 0.15) is 0 Å². The summed E-state index contributed by atoms with van der Waals surface area (Å²) >= 11 is 0. The van der Waals surface area contributed by atoms with E-state index in [-0.39, 0.29) is 12.4 Å². The summed E-state index contributed by atoms with van der Waals surface area (Å²) in [6.45, 7) is 0. The fourth-order valence-electron chi connectivity index (χ4n) is 0.963. The van der Waals surface area contributed by atoms with Crippen LogP contribution in [-0.2, 0) is 4.74 Å². The highest BCUT2D eigenvalue weighted by Crippen LogP contribution is 1.83. The summed E-state index contributed by atoms with van der Waals surface area (Å²) in [6.07, 6.45) is 4.88. The van der Waals surface area contributed by atoms with Crippen molar-refractivity contribution in [2.24, 2.45) is 4.99 Å². The van der Waals surface area contributed by atoms with Crippen molar-refractivity contribution in [2.75, 3.05) is 0 Å². The highest BCUT2D eigenvalue weighted by atomic mass is 35.5. The van der Waals surface area contributed by atoms with Crippen molar-refractivity contribution in [2.45, 2.75) is 0 Å². The second kappa shape index (κ2) is 3.93. The van der Waals surface area contributed by atoms with Crippen molar-refractivity contribution in [1.82, 2.24) is 0 Å². The van der Waals surface area contributed by atoms with Gasteiger partial charge in [-0.1, -0.05) is 12.1 Å². The molecule has 1 aromatic rings. The SMILES string of the molecule is C1=COC=c2ccccc2=N1.Cl. The summed E-state index contributed by atoms with van der Waals surface area (Å²) < 4.78 is 5.02. The van der Waals surface area contributed by atoms with Gasteiger partial charge in [0.25, 0.3) is 0 Å². The van der Waals surface area contributed by atoms with Gasteiger partial charge in [-0.2, -0.15) is 0 Å². The van der Waals surface area contributed by atoms with Crippen molar-refractivity contribution in [3.05, 3.63) is 47.3 Å². The minimum Gasteiger partial charge on any atom is -0.470 e. The van der Waals surface area contributed by atoms with E-state index in [4.69, 9.17) is 4.74 Å². The first-order chi connectivity index (χ1) is 5.47. The Hall–Kier alpha value is -1.28. The molecule has 0 aliphatic carbocycles. The summed E-state index contributed by atoms with van der Waals surface area (Å²) in [5.41, 5.74) is 0. The largest absolute Gasteiger partial charge is 0.470 e. The van der Waals surface area contributed by atoms with Crippen molar-refractivity contribution >= 4 is 18.7 Å². The van der Waals surface area contributed by atoms with E-state index in [2.05, 4.69) is 4.99 Å². The molecule has 12 heavy (non-hydrogen) atoms. The van der Waals surface area contributed by atoms with Crippen LogP contribution in [0, 0.1) is 0 Å². The maximum absolute atomic E-state index is 5.02. The zero-order chi connectivity index (χ0) is 7.52. The van der Waals surface area contributed by atoms with Gasteiger partial charge in [0.1, 0.15) is 6.26 Å². The first-order valence-corrected chi connectivity index (χ1v) is 3.40. The van der Waals surface area contributed by atoms with Gasteiger partial charge < -0.3 is 4.74 Å². The number of halogens is 1. The zero-order valence-corrected chi connectivity index (χ0v) is 7.12. The highest BCUT2D eigenvalue weighted by molar-refractivity contribution is 5.85. The van der Waals surface area contributed by atoms with Gasteiger partial charge in [0.05, 0.1) is 17.8 Å². The van der Waals surface area contributed by atoms with Gasteiger partial charge in [-0.25, -0.2) is 0 Å². The topological polar surface area (TPSA) is 21.6 Å². The van der Waals surface area contributed by atoms with Crippen molar-refractivity contribution in [1.29, 1.82) is 0 Å². The van der Waals surface area contributed by atoms with E-state index < -0.39 is 0 Å². The average Bonchev–Trinajstić information content (AvgIpc) is 2.28. The Balaban J connectivity index is 0.000000720. The maximum atomic E-state index is 5.02. The molecule has 2 rings (SSSR count). The first kappa shape index (κ1) is 8.81. The summed E-state index contributed by atoms with van der Waals surface area (Å²) in [6, 6.07) is 7.82. The Morgan fingerprint density at radius 2 is 2.00 bits per heavy atom. The molecule has 0 saturated heterocycles. The zero-order valence-electron chi connectivity index (χ0n) is 6.31. The average molecular weight is 182 g/mol. The van der Waals surface area contributed by atoms with E-state index in [9.17, 15) is 0 Å². The molecule has 0 amide bonds. The van der Waals surface area contributed by atoms with Gasteiger partial charge in [-0.3, -0.25) is 4.99 Å². The molecule has 0 atom stereocenters. The fourth-order valence-corrected chi connectivity index (χ4v) is 0.963. The van der Waals surface area contributed by atoms with Crippen LogP contribution >= 0.6 is 12.4 Å². The van der Waals surface area contributed by atoms with Gasteiger partial charge >= 0.3 is 0 Å². The quantitative estimate of drug-likeness (QED) is 0.585. The minimum absolute atomic E-state index is 0. The normalized spacial score (nSPS) is 12.3. The van der Waals surface area contributed by atoms with Crippen LogP contribution in [0.5, 0.6) is 0 Å². The van der Waals surface area contributed by atoms with Crippen LogP contribution in [0.2, 0.25) is 0 Å². The van der Waals surface area contributed by atoms with E-state index in [1.165, 1.54) is 0 Å². The molecule has 1 aliphatic heterocycles. The van der Waals surface area contributed by atoms with Crippen LogP contribution in [0.3, 0.4) is 0 Å². The molecule has 0 radical (unpaired) electrons. The Labute approximate surface area is 76.3 Å². The lowest BCUT2D eigenvalue weighted by atomic mass is 10.3. The van der Waals surface area contributed by atoms with Crippen molar-refractivity contribution in [3.63, 3.8) is 0 Å². The molecule has 1 aliphatic rings. The molecule has 2 nitrogen and oxygen atoms in total. The summed E-state index contributed by atoms with van der Waals surface area (Å²) in [5, 5.41) is 1.96. The van der Waals surface area contributed by atoms with Gasteiger partial charge in [0.2, 0.25) is 0 Å². The monoisotopic (exact) mass is 181 g/mol. The first-order valence-electron chi connectivity index (χ1n) is 3.40. The van der Waals surface area contributed by atoms with E-state index in [0.29, 0.717) is 0 Å². The molecular formula is C9H8ClNO. The lowest BCUT2D eigenvalue weighted by molar-refractivity contribution is 0.460. The standard InChI is InChI=1S/C9H7NO.ClH/c1-2-4-9-8(3-1)7-11-6-5-10-9;/h1-7H;1H. The second-order valence-corrected chi connectivity index (χ2v) is 2.23. The molecule has 0 saturated carbocycles. The van der Waals surface area contributed by atoms with Gasteiger partial charge in [-0.05, 0) is 12.1 Å². The maximum Gasteiger partial charge on any atom is 0.108 e. The Kier molecular flexibility index (Phi) is 2.88. The second-order valence-electron chi connectivity index (χ2n) is 2.23. The molecule has 1 aromatic carbocycles. The third kappa shape index (κ3) is 1.66. The van der Waals surface area contributed by atoms with E-state index >= 15 is 0 Å². The van der Waals surface area contributed by atoms with Gasteiger partial charge in [0, 0.05) is 5.22 Å². The van der Waals surface area contributed by atoms with Crippen LogP contribution in [0.25, 0.3) is 6.26 Å². The number of hydrogen-bond acceptors (Lipinski definition) is 2. The van der Waals surface area contributed by atoms with Crippen LogP contribution in [0.15, 0.2) is 41.7 Å². The summed E-state index contributed by atoms with van der Waals surface area (Å²) in [5.74, 6) is 0. The van der Waals surface area contributed by atoms with Crippen LogP contribution in [0.4, 0.5) is 0 Å². The molecule has 0 aromatic heterocycles. The van der Waals surface area contributed by atoms with Crippen LogP contribution < -0.4 is 10.6 Å². The third-order valence-corrected chi connectivity index (χ3v) is 1.48. The van der Waals surface area contributed by atoms with E-state index in [0.717, 1.165) is 10.6 Å². The van der Waals surface area contributed by atoms with Gasteiger partial charge in [-0.15, -0.1) is 12.4 Å². The number of rotatable bonds is 0. The fraction of sp³-hybridized carbons (Fsp3) is 0. The Morgan fingerprint density at radius 1 is 1.17 bits per heavy atom. The van der Waals surface area contributed by atoms with Crippen molar-refractivity contribution < 1.29 is 4.74 Å². The lowest BCUT2D eigenvalue weighted by Crippen LogP contribution is -2.22. The number of fused-ring (bicyclic) bond motifs is 1. The molecule has 0 N–H and O–H groups in total. The van der Waals surface area contributed by atoms with E-state index in [1.807, 2.05) is 24.3 Å². The predicted molar refractivity (Wildman–Crippen MR) is 49.2 cm³/mol. The van der Waals surface area contributed by atoms with Crippen LogP contribution in [-0.4, -0.2) is 0 Å². The molecule has 3 heteroatoms. The third-order valence-electron chi connectivity index (χ3n) is 1.48. The number of ether oxygens (including phenoxy) is 1. The Bertz CT molecular complexity index is 397. The molecular weight excluding hydrogens is 174 g/mol. The molecule has 0 fully saturated rings. The number of hydrogen-bond donors (Lipinski definition) is 0. The van der Waals surface area contributed by atoms with E-state index in [1.54, 1.807) is 18.7 Å². The molecule has 0 unspecified atom stereocenters. The predicted octanol–water partition coefficient (Wildman–Crippen LogP) is 0.967. The molecule has 0 spiro atoms. The minimum atomic E-state index is 0. The number of para-hydroxylation sites is 1. The summed E-state index contributed by atoms with van der Waals surface area (Å²) in [4.78, 5) is 4.15. The lowest BCUT2D eigenvalue weighted by Gasteiger charge is -1.85. The van der Waals surface area contributed by atoms with Crippen molar-refractivity contribution in [3.8, 4) is 0 Å². The van der Waals surface area contributed by atoms with Gasteiger partial charge in [0.15, 0.2) is 0 Å². The molecule has 62 valence electrons. The molecule has 0 bridgehead atoms. The molecule has 1 heterocycles. The number of nitrogens with zero attached hydrogens (tertiary/aromatic N) is 1.